The maximum Gasteiger partial charge on any atom is 0.253 e. The lowest BCUT2D eigenvalue weighted by molar-refractivity contribution is 0.0827. The van der Waals surface area contributed by atoms with Gasteiger partial charge in [-0.1, -0.05) is 18.2 Å². The number of anilines is 1. The van der Waals surface area contributed by atoms with Crippen molar-refractivity contribution in [3.8, 4) is 22.3 Å². The van der Waals surface area contributed by atoms with E-state index < -0.39 is 0 Å². The Kier molecular flexibility index (Phi) is 6.31. The molecule has 6 heteroatoms. The SMILES string of the molecule is CN[C@H]1CCCN(c2ccc(-c3cnc4[nH]cc(-c5ccc(C(=O)N(C)C)cc5)c4c3)cc2C)C1. The lowest BCUT2D eigenvalue weighted by atomic mass is 9.98. The van der Waals surface area contributed by atoms with Gasteiger partial charge in [0, 0.05) is 73.4 Å². The quantitative estimate of drug-likeness (QED) is 0.429. The fraction of sp³-hybridized carbons (Fsp3) is 0.310. The van der Waals surface area contributed by atoms with Gasteiger partial charge in [0.2, 0.25) is 0 Å². The molecule has 1 aliphatic heterocycles. The number of nitrogens with one attached hydrogen (secondary N) is 2. The lowest BCUT2D eigenvalue weighted by Crippen LogP contribution is -2.44. The number of amides is 1. The molecule has 35 heavy (non-hydrogen) atoms. The molecule has 2 aromatic carbocycles. The molecule has 3 heterocycles. The number of rotatable bonds is 5. The van der Waals surface area contributed by atoms with Crippen LogP contribution in [0, 0.1) is 6.92 Å². The molecular formula is C29H33N5O. The summed E-state index contributed by atoms with van der Waals surface area (Å²) in [4.78, 5) is 24.3. The second-order valence-electron chi connectivity index (χ2n) is 9.67. The molecule has 0 bridgehead atoms. The van der Waals surface area contributed by atoms with Gasteiger partial charge in [0.1, 0.15) is 5.65 Å². The Morgan fingerprint density at radius 3 is 2.57 bits per heavy atom. The van der Waals surface area contributed by atoms with Crippen molar-refractivity contribution in [2.24, 2.45) is 0 Å². The molecule has 1 aliphatic rings. The van der Waals surface area contributed by atoms with Crippen LogP contribution in [0.15, 0.2) is 60.9 Å². The van der Waals surface area contributed by atoms with E-state index in [1.807, 2.05) is 36.7 Å². The van der Waals surface area contributed by atoms with Crippen LogP contribution in [-0.2, 0) is 0 Å². The van der Waals surface area contributed by atoms with Gasteiger partial charge in [0.05, 0.1) is 0 Å². The normalized spacial score (nSPS) is 16.0. The molecular weight excluding hydrogens is 434 g/mol. The summed E-state index contributed by atoms with van der Waals surface area (Å²) in [6.07, 6.45) is 6.39. The van der Waals surface area contributed by atoms with E-state index in [1.54, 1.807) is 19.0 Å². The van der Waals surface area contributed by atoms with Crippen LogP contribution in [0.3, 0.4) is 0 Å². The molecule has 0 radical (unpaired) electrons. The van der Waals surface area contributed by atoms with Crippen LogP contribution < -0.4 is 10.2 Å². The number of carbonyl (C=O) groups is 1. The minimum atomic E-state index is 0.00396. The van der Waals surface area contributed by atoms with Gasteiger partial charge in [-0.2, -0.15) is 0 Å². The van der Waals surface area contributed by atoms with E-state index >= 15 is 0 Å². The van der Waals surface area contributed by atoms with E-state index in [4.69, 9.17) is 4.98 Å². The average molecular weight is 468 g/mol. The van der Waals surface area contributed by atoms with E-state index in [0.29, 0.717) is 11.6 Å². The van der Waals surface area contributed by atoms with Gasteiger partial charge in [-0.15, -0.1) is 0 Å². The van der Waals surface area contributed by atoms with Crippen molar-refractivity contribution in [1.29, 1.82) is 0 Å². The first kappa shape index (κ1) is 23.1. The number of H-pyrrole nitrogens is 1. The minimum absolute atomic E-state index is 0.00396. The number of aromatic amines is 1. The minimum Gasteiger partial charge on any atom is -0.370 e. The molecule has 6 nitrogen and oxygen atoms in total. The summed E-state index contributed by atoms with van der Waals surface area (Å²) in [5.74, 6) is 0.00396. The Morgan fingerprint density at radius 2 is 1.86 bits per heavy atom. The average Bonchev–Trinajstić information content (AvgIpc) is 3.31. The predicted octanol–water partition coefficient (Wildman–Crippen LogP) is 5.10. The smallest absolute Gasteiger partial charge is 0.253 e. The number of pyridine rings is 1. The van der Waals surface area contributed by atoms with Gasteiger partial charge in [-0.05, 0) is 73.8 Å². The highest BCUT2D eigenvalue weighted by Gasteiger charge is 2.20. The Bertz CT molecular complexity index is 1360. The molecule has 180 valence electrons. The van der Waals surface area contributed by atoms with Crippen LogP contribution in [0.4, 0.5) is 5.69 Å². The number of hydrogen-bond donors (Lipinski definition) is 2. The van der Waals surface area contributed by atoms with Crippen molar-refractivity contribution in [3.63, 3.8) is 0 Å². The first-order valence-electron chi connectivity index (χ1n) is 12.3. The van der Waals surface area contributed by atoms with Crippen molar-refractivity contribution in [2.45, 2.75) is 25.8 Å². The van der Waals surface area contributed by atoms with E-state index in [2.05, 4.69) is 53.4 Å². The molecule has 2 aromatic heterocycles. The maximum atomic E-state index is 12.2. The molecule has 2 N–H and O–H groups in total. The summed E-state index contributed by atoms with van der Waals surface area (Å²) >= 11 is 0. The van der Waals surface area contributed by atoms with Crippen LogP contribution in [-0.4, -0.2) is 61.0 Å². The fourth-order valence-corrected chi connectivity index (χ4v) is 5.07. The van der Waals surface area contributed by atoms with Crippen molar-refractivity contribution >= 4 is 22.6 Å². The summed E-state index contributed by atoms with van der Waals surface area (Å²) in [5, 5.41) is 4.51. The Balaban J connectivity index is 1.45. The highest BCUT2D eigenvalue weighted by Crippen LogP contribution is 2.33. The number of fused-ring (bicyclic) bond motifs is 1. The second kappa shape index (κ2) is 9.55. The summed E-state index contributed by atoms with van der Waals surface area (Å²) in [7, 11) is 5.59. The van der Waals surface area contributed by atoms with Crippen molar-refractivity contribution < 1.29 is 4.79 Å². The summed E-state index contributed by atoms with van der Waals surface area (Å²) in [5.41, 5.74) is 8.55. The Hall–Kier alpha value is -3.64. The topological polar surface area (TPSA) is 64.3 Å². The molecule has 0 unspecified atom stereocenters. The highest BCUT2D eigenvalue weighted by atomic mass is 16.2. The van der Waals surface area contributed by atoms with Crippen molar-refractivity contribution in [3.05, 3.63) is 72.1 Å². The number of nitrogens with zero attached hydrogens (tertiary/aromatic N) is 3. The van der Waals surface area contributed by atoms with Gasteiger partial charge in [0.25, 0.3) is 5.91 Å². The van der Waals surface area contributed by atoms with Crippen LogP contribution in [0.5, 0.6) is 0 Å². The van der Waals surface area contributed by atoms with Crippen LogP contribution >= 0.6 is 0 Å². The molecule has 1 atom stereocenters. The van der Waals surface area contributed by atoms with Gasteiger partial charge >= 0.3 is 0 Å². The number of likely N-dealkylation sites (N-methyl/N-ethyl adjacent to an activating group) is 1. The third kappa shape index (κ3) is 4.54. The maximum absolute atomic E-state index is 12.2. The van der Waals surface area contributed by atoms with Gasteiger partial charge < -0.3 is 20.1 Å². The zero-order valence-corrected chi connectivity index (χ0v) is 20.9. The number of piperidine rings is 1. The zero-order valence-electron chi connectivity index (χ0n) is 20.9. The number of aryl methyl sites for hydroxylation is 1. The van der Waals surface area contributed by atoms with Crippen molar-refractivity contribution in [2.75, 3.05) is 39.1 Å². The van der Waals surface area contributed by atoms with E-state index in [1.165, 1.54) is 29.7 Å². The zero-order chi connectivity index (χ0) is 24.5. The monoisotopic (exact) mass is 467 g/mol. The lowest BCUT2D eigenvalue weighted by Gasteiger charge is -2.35. The van der Waals surface area contributed by atoms with Gasteiger partial charge in [0.15, 0.2) is 0 Å². The Labute approximate surface area is 207 Å². The summed E-state index contributed by atoms with van der Waals surface area (Å²) in [6, 6.07) is 17.3. The summed E-state index contributed by atoms with van der Waals surface area (Å²) in [6.45, 7) is 4.36. The number of aromatic nitrogens is 2. The molecule has 1 saturated heterocycles. The summed E-state index contributed by atoms with van der Waals surface area (Å²) < 4.78 is 0. The molecule has 1 fully saturated rings. The molecule has 4 aromatic rings. The van der Waals surface area contributed by atoms with Crippen LogP contribution in [0.25, 0.3) is 33.3 Å². The second-order valence-corrected chi connectivity index (χ2v) is 9.67. The van der Waals surface area contributed by atoms with Gasteiger partial charge in [-0.3, -0.25) is 4.79 Å². The van der Waals surface area contributed by atoms with E-state index in [0.717, 1.165) is 40.8 Å². The van der Waals surface area contributed by atoms with Gasteiger partial charge in [-0.25, -0.2) is 4.98 Å². The van der Waals surface area contributed by atoms with E-state index in [9.17, 15) is 4.79 Å². The largest absolute Gasteiger partial charge is 0.370 e. The molecule has 0 spiro atoms. The van der Waals surface area contributed by atoms with Crippen LogP contribution in [0.2, 0.25) is 0 Å². The standard InChI is InChI=1S/C29H33N5O/c1-19-14-22(11-12-27(19)34-13-5-6-24(18-34)30-2)23-15-25-26(17-32-28(25)31-16-23)20-7-9-21(10-8-20)29(35)33(3)4/h7-12,14-17,24,30H,5-6,13,18H2,1-4H3,(H,31,32)/t24-/m0/s1. The fourth-order valence-electron chi connectivity index (χ4n) is 5.07. The molecule has 0 saturated carbocycles. The third-order valence-electron chi connectivity index (χ3n) is 7.08. The first-order valence-corrected chi connectivity index (χ1v) is 12.3. The molecule has 0 aliphatic carbocycles. The third-order valence-corrected chi connectivity index (χ3v) is 7.08. The van der Waals surface area contributed by atoms with Crippen molar-refractivity contribution in [1.82, 2.24) is 20.2 Å². The van der Waals surface area contributed by atoms with Crippen LogP contribution in [0.1, 0.15) is 28.8 Å². The Morgan fingerprint density at radius 1 is 1.09 bits per heavy atom. The predicted molar refractivity (Wildman–Crippen MR) is 144 cm³/mol. The number of benzene rings is 2. The number of hydrogen-bond acceptors (Lipinski definition) is 4. The molecule has 1 amide bonds. The molecule has 5 rings (SSSR count). The number of carbonyl (C=O) groups excluding carboxylic acids is 1. The first-order chi connectivity index (χ1) is 16.9. The highest BCUT2D eigenvalue weighted by molar-refractivity contribution is 5.98. The van der Waals surface area contributed by atoms with E-state index in [-0.39, 0.29) is 5.91 Å².